The van der Waals surface area contributed by atoms with Crippen LogP contribution in [0.15, 0.2) is 29.2 Å². The summed E-state index contributed by atoms with van der Waals surface area (Å²) in [5.41, 5.74) is 6.01. The Kier molecular flexibility index (Phi) is 3.11. The van der Waals surface area contributed by atoms with E-state index in [0.717, 1.165) is 18.9 Å². The monoisotopic (exact) mass is 284 g/mol. The van der Waals surface area contributed by atoms with Gasteiger partial charge in [0.15, 0.2) is 0 Å². The second-order valence-electron chi connectivity index (χ2n) is 5.44. The molecule has 2 N–H and O–H groups in total. The number of fused-ring (bicyclic) bond motifs is 1. The van der Waals surface area contributed by atoms with E-state index in [4.69, 9.17) is 5.73 Å². The van der Waals surface area contributed by atoms with Crippen molar-refractivity contribution in [1.29, 1.82) is 0 Å². The Morgan fingerprint density at radius 1 is 1.26 bits per heavy atom. The van der Waals surface area contributed by atoms with E-state index in [2.05, 4.69) is 0 Å². The predicted molar refractivity (Wildman–Crippen MR) is 69.3 cm³/mol. The lowest BCUT2D eigenvalue weighted by molar-refractivity contribution is 0.426. The second kappa shape index (κ2) is 4.54. The van der Waals surface area contributed by atoms with Crippen LogP contribution in [0.5, 0.6) is 0 Å². The number of nitrogens with two attached hydrogens (primary N) is 1. The van der Waals surface area contributed by atoms with Crippen LogP contribution in [0.4, 0.5) is 4.39 Å². The van der Waals surface area contributed by atoms with Crippen LogP contribution < -0.4 is 5.73 Å². The van der Waals surface area contributed by atoms with Gasteiger partial charge in [-0.25, -0.2) is 12.8 Å². The molecule has 104 valence electrons. The number of halogens is 1. The van der Waals surface area contributed by atoms with Gasteiger partial charge in [-0.05, 0) is 42.9 Å². The van der Waals surface area contributed by atoms with Crippen LogP contribution in [0.1, 0.15) is 12.8 Å². The van der Waals surface area contributed by atoms with E-state index in [1.54, 1.807) is 0 Å². The minimum absolute atomic E-state index is 0.0287. The molecule has 1 saturated heterocycles. The van der Waals surface area contributed by atoms with Crippen molar-refractivity contribution in [1.82, 2.24) is 4.31 Å². The first kappa shape index (κ1) is 13.0. The van der Waals surface area contributed by atoms with Gasteiger partial charge in [-0.3, -0.25) is 0 Å². The van der Waals surface area contributed by atoms with Crippen LogP contribution in [0, 0.1) is 17.7 Å². The first-order valence-electron chi connectivity index (χ1n) is 6.50. The SMILES string of the molecule is NC1CCC2CN(S(=O)(=O)c3cccc(F)c3)CC12. The highest BCUT2D eigenvalue weighted by atomic mass is 32.2. The first-order chi connectivity index (χ1) is 8.98. The molecule has 1 aromatic carbocycles. The summed E-state index contributed by atoms with van der Waals surface area (Å²) < 4.78 is 39.5. The summed E-state index contributed by atoms with van der Waals surface area (Å²) in [6.45, 7) is 0.974. The van der Waals surface area contributed by atoms with Crippen molar-refractivity contribution in [2.75, 3.05) is 13.1 Å². The number of hydrogen-bond donors (Lipinski definition) is 1. The highest BCUT2D eigenvalue weighted by molar-refractivity contribution is 7.89. The van der Waals surface area contributed by atoms with Crippen molar-refractivity contribution in [2.24, 2.45) is 17.6 Å². The molecular formula is C13H17FN2O2S. The van der Waals surface area contributed by atoms with Crippen LogP contribution in [0.25, 0.3) is 0 Å². The number of hydrogen-bond acceptors (Lipinski definition) is 3. The fourth-order valence-corrected chi connectivity index (χ4v) is 4.81. The summed E-state index contributed by atoms with van der Waals surface area (Å²) >= 11 is 0. The predicted octanol–water partition coefficient (Wildman–Crippen LogP) is 1.18. The molecule has 1 aliphatic carbocycles. The van der Waals surface area contributed by atoms with E-state index in [9.17, 15) is 12.8 Å². The summed E-state index contributed by atoms with van der Waals surface area (Å²) in [6.07, 6.45) is 1.96. The Labute approximate surface area is 112 Å². The Bertz CT molecular complexity index is 590. The van der Waals surface area contributed by atoms with Gasteiger partial charge in [0, 0.05) is 19.1 Å². The summed E-state index contributed by atoms with van der Waals surface area (Å²) in [6, 6.07) is 5.27. The van der Waals surface area contributed by atoms with Gasteiger partial charge >= 0.3 is 0 Å². The summed E-state index contributed by atoms with van der Waals surface area (Å²) in [4.78, 5) is 0.0287. The topological polar surface area (TPSA) is 63.4 Å². The molecule has 2 fully saturated rings. The highest BCUT2D eigenvalue weighted by Gasteiger charge is 2.45. The lowest BCUT2D eigenvalue weighted by Crippen LogP contribution is -2.33. The zero-order valence-electron chi connectivity index (χ0n) is 10.5. The molecule has 4 nitrogen and oxygen atoms in total. The van der Waals surface area contributed by atoms with Gasteiger partial charge in [0.25, 0.3) is 0 Å². The van der Waals surface area contributed by atoms with Crippen LogP contribution >= 0.6 is 0 Å². The van der Waals surface area contributed by atoms with Crippen LogP contribution in [0.2, 0.25) is 0 Å². The Hall–Kier alpha value is -0.980. The smallest absolute Gasteiger partial charge is 0.243 e. The van der Waals surface area contributed by atoms with Crippen molar-refractivity contribution in [3.63, 3.8) is 0 Å². The number of rotatable bonds is 2. The number of nitrogens with zero attached hydrogens (tertiary/aromatic N) is 1. The van der Waals surface area contributed by atoms with Gasteiger partial charge in [0.1, 0.15) is 5.82 Å². The molecule has 3 unspecified atom stereocenters. The molecule has 2 aliphatic rings. The Morgan fingerprint density at radius 3 is 2.74 bits per heavy atom. The summed E-state index contributed by atoms with van der Waals surface area (Å²) in [7, 11) is -3.59. The average molecular weight is 284 g/mol. The van der Waals surface area contributed by atoms with Gasteiger partial charge in [-0.15, -0.1) is 0 Å². The molecule has 0 aromatic heterocycles. The fraction of sp³-hybridized carbons (Fsp3) is 0.538. The lowest BCUT2D eigenvalue weighted by atomic mass is 9.98. The molecule has 0 radical (unpaired) electrons. The minimum Gasteiger partial charge on any atom is -0.327 e. The zero-order chi connectivity index (χ0) is 13.6. The fourth-order valence-electron chi connectivity index (χ4n) is 3.24. The third kappa shape index (κ3) is 2.17. The van der Waals surface area contributed by atoms with Crippen LogP contribution in [0.3, 0.4) is 0 Å². The third-order valence-corrected chi connectivity index (χ3v) is 6.14. The normalized spacial score (nSPS) is 31.6. The molecule has 1 aromatic rings. The molecule has 19 heavy (non-hydrogen) atoms. The highest BCUT2D eigenvalue weighted by Crippen LogP contribution is 2.39. The van der Waals surface area contributed by atoms with Gasteiger partial charge in [0.05, 0.1) is 4.90 Å². The molecule has 0 bridgehead atoms. The van der Waals surface area contributed by atoms with E-state index in [1.807, 2.05) is 0 Å². The molecule has 1 heterocycles. The molecule has 0 amide bonds. The Morgan fingerprint density at radius 2 is 2.05 bits per heavy atom. The summed E-state index contributed by atoms with van der Waals surface area (Å²) in [5.74, 6) is 0.0823. The van der Waals surface area contributed by atoms with Gasteiger partial charge in [-0.2, -0.15) is 4.31 Å². The van der Waals surface area contributed by atoms with Crippen molar-refractivity contribution in [3.05, 3.63) is 30.1 Å². The van der Waals surface area contributed by atoms with Crippen molar-refractivity contribution < 1.29 is 12.8 Å². The third-order valence-electron chi connectivity index (χ3n) is 4.31. The zero-order valence-corrected chi connectivity index (χ0v) is 11.3. The van der Waals surface area contributed by atoms with E-state index < -0.39 is 15.8 Å². The Balaban J connectivity index is 1.87. The van der Waals surface area contributed by atoms with Crippen molar-refractivity contribution in [3.8, 4) is 0 Å². The van der Waals surface area contributed by atoms with Crippen molar-refractivity contribution >= 4 is 10.0 Å². The maximum Gasteiger partial charge on any atom is 0.243 e. The maximum atomic E-state index is 13.2. The van der Waals surface area contributed by atoms with E-state index >= 15 is 0 Å². The molecule has 3 atom stereocenters. The standard InChI is InChI=1S/C13H17FN2O2S/c14-10-2-1-3-11(6-10)19(17,18)16-7-9-4-5-13(15)12(9)8-16/h1-3,6,9,12-13H,4-5,7-8,15H2. The summed E-state index contributed by atoms with van der Waals surface area (Å²) in [5, 5.41) is 0. The number of benzene rings is 1. The largest absolute Gasteiger partial charge is 0.327 e. The average Bonchev–Trinajstić information content (AvgIpc) is 2.92. The first-order valence-corrected chi connectivity index (χ1v) is 7.94. The lowest BCUT2D eigenvalue weighted by Gasteiger charge is -2.18. The quantitative estimate of drug-likeness (QED) is 0.887. The minimum atomic E-state index is -3.59. The van der Waals surface area contributed by atoms with Crippen molar-refractivity contribution in [2.45, 2.75) is 23.8 Å². The second-order valence-corrected chi connectivity index (χ2v) is 7.38. The molecular weight excluding hydrogens is 267 g/mol. The van der Waals surface area contributed by atoms with Gasteiger partial charge in [0.2, 0.25) is 10.0 Å². The molecule has 0 spiro atoms. The molecule has 6 heteroatoms. The van der Waals surface area contributed by atoms with E-state index in [1.165, 1.54) is 22.5 Å². The van der Waals surface area contributed by atoms with E-state index in [0.29, 0.717) is 19.0 Å². The van der Waals surface area contributed by atoms with Crippen LogP contribution in [-0.2, 0) is 10.0 Å². The molecule has 3 rings (SSSR count). The molecule has 1 saturated carbocycles. The van der Waals surface area contributed by atoms with E-state index in [-0.39, 0.29) is 16.9 Å². The van der Waals surface area contributed by atoms with Gasteiger partial charge in [-0.1, -0.05) is 6.07 Å². The van der Waals surface area contributed by atoms with Gasteiger partial charge < -0.3 is 5.73 Å². The molecule has 1 aliphatic heterocycles. The van der Waals surface area contributed by atoms with Crippen LogP contribution in [-0.4, -0.2) is 31.9 Å². The maximum absolute atomic E-state index is 13.2. The number of sulfonamides is 1.